The van der Waals surface area contributed by atoms with Crippen molar-refractivity contribution in [2.75, 3.05) is 26.4 Å². The van der Waals surface area contributed by atoms with Crippen molar-refractivity contribution in [3.8, 4) is 0 Å². The van der Waals surface area contributed by atoms with Crippen LogP contribution in [-0.2, 0) is 4.74 Å². The molecule has 0 aromatic heterocycles. The molecule has 2 aliphatic rings. The van der Waals surface area contributed by atoms with Gasteiger partial charge in [-0.05, 0) is 25.7 Å². The van der Waals surface area contributed by atoms with Crippen molar-refractivity contribution in [1.29, 1.82) is 0 Å². The number of hydrogen-bond donors (Lipinski definition) is 2. The molecule has 0 bridgehead atoms. The third kappa shape index (κ3) is 2.69. The number of hydrogen-bond acceptors (Lipinski definition) is 4. The molecular formula is C11H22N2O2. The molecule has 0 spiro atoms. The highest BCUT2D eigenvalue weighted by Gasteiger charge is 2.31. The predicted molar refractivity (Wildman–Crippen MR) is 58.6 cm³/mol. The average molecular weight is 214 g/mol. The summed E-state index contributed by atoms with van der Waals surface area (Å²) in [5.74, 6) is 0. The van der Waals surface area contributed by atoms with Gasteiger partial charge in [0.05, 0.1) is 25.9 Å². The van der Waals surface area contributed by atoms with Crippen LogP contribution >= 0.6 is 0 Å². The Morgan fingerprint density at radius 1 is 1.27 bits per heavy atom. The maximum Gasteiger partial charge on any atom is 0.0644 e. The molecule has 2 rings (SSSR count). The molecule has 1 atom stereocenters. The minimum absolute atomic E-state index is 0.207. The topological polar surface area (TPSA) is 58.7 Å². The standard InChI is InChI=1S/C11H22N2O2/c12-9-1-3-10(4-2-9)13-5-6-15-8-11(13)7-14/h9-11,14H,1-8,12H2. The lowest BCUT2D eigenvalue weighted by molar-refractivity contribution is -0.0540. The molecule has 0 amide bonds. The lowest BCUT2D eigenvalue weighted by atomic mass is 9.90. The maximum atomic E-state index is 9.30. The first-order valence-corrected chi connectivity index (χ1v) is 6.01. The fraction of sp³-hybridized carbons (Fsp3) is 1.00. The van der Waals surface area contributed by atoms with Crippen molar-refractivity contribution in [1.82, 2.24) is 4.90 Å². The molecule has 1 saturated carbocycles. The molecule has 0 aromatic rings. The van der Waals surface area contributed by atoms with Gasteiger partial charge in [0.25, 0.3) is 0 Å². The van der Waals surface area contributed by atoms with E-state index in [1.165, 1.54) is 12.8 Å². The van der Waals surface area contributed by atoms with E-state index in [1.807, 2.05) is 0 Å². The summed E-state index contributed by atoms with van der Waals surface area (Å²) in [5.41, 5.74) is 5.90. The first-order valence-electron chi connectivity index (χ1n) is 6.01. The molecule has 1 heterocycles. The molecule has 88 valence electrons. The van der Waals surface area contributed by atoms with Crippen LogP contribution in [0.4, 0.5) is 0 Å². The Morgan fingerprint density at radius 3 is 2.67 bits per heavy atom. The summed E-state index contributed by atoms with van der Waals surface area (Å²) in [6.45, 7) is 2.66. The van der Waals surface area contributed by atoms with Crippen LogP contribution in [0.2, 0.25) is 0 Å². The second-order valence-corrected chi connectivity index (χ2v) is 4.72. The van der Waals surface area contributed by atoms with E-state index >= 15 is 0 Å². The Bertz CT molecular complexity index is 193. The van der Waals surface area contributed by atoms with Gasteiger partial charge in [0.1, 0.15) is 0 Å². The summed E-state index contributed by atoms with van der Waals surface area (Å²) in [5, 5.41) is 9.30. The molecule has 1 unspecified atom stereocenters. The van der Waals surface area contributed by atoms with Gasteiger partial charge in [-0.1, -0.05) is 0 Å². The molecule has 2 fully saturated rings. The zero-order chi connectivity index (χ0) is 10.7. The summed E-state index contributed by atoms with van der Waals surface area (Å²) in [7, 11) is 0. The summed E-state index contributed by atoms with van der Waals surface area (Å²) in [6.07, 6.45) is 4.61. The lowest BCUT2D eigenvalue weighted by Crippen LogP contribution is -2.53. The van der Waals surface area contributed by atoms with Crippen LogP contribution < -0.4 is 5.73 Å². The van der Waals surface area contributed by atoms with Gasteiger partial charge in [0.15, 0.2) is 0 Å². The van der Waals surface area contributed by atoms with Crippen LogP contribution in [-0.4, -0.2) is 54.5 Å². The monoisotopic (exact) mass is 214 g/mol. The average Bonchev–Trinajstić information content (AvgIpc) is 2.30. The van der Waals surface area contributed by atoms with Crippen LogP contribution in [0.5, 0.6) is 0 Å². The lowest BCUT2D eigenvalue weighted by Gasteiger charge is -2.42. The van der Waals surface area contributed by atoms with E-state index in [9.17, 15) is 5.11 Å². The van der Waals surface area contributed by atoms with Gasteiger partial charge in [-0.15, -0.1) is 0 Å². The van der Waals surface area contributed by atoms with Gasteiger partial charge in [0, 0.05) is 18.6 Å². The molecule has 4 heteroatoms. The molecule has 1 aliphatic carbocycles. The number of ether oxygens (including phenoxy) is 1. The first-order chi connectivity index (χ1) is 7.31. The number of aliphatic hydroxyl groups excluding tert-OH is 1. The molecular weight excluding hydrogens is 192 g/mol. The van der Waals surface area contributed by atoms with Gasteiger partial charge >= 0.3 is 0 Å². The number of aliphatic hydroxyl groups is 1. The highest BCUT2D eigenvalue weighted by molar-refractivity contribution is 4.86. The molecule has 1 saturated heterocycles. The SMILES string of the molecule is NC1CCC(N2CCOCC2CO)CC1. The molecule has 4 nitrogen and oxygen atoms in total. The van der Waals surface area contributed by atoms with E-state index in [1.54, 1.807) is 0 Å². The number of nitrogens with zero attached hydrogens (tertiary/aromatic N) is 1. The van der Waals surface area contributed by atoms with E-state index < -0.39 is 0 Å². The third-order valence-electron chi connectivity index (χ3n) is 3.69. The van der Waals surface area contributed by atoms with E-state index in [0.29, 0.717) is 18.7 Å². The Kier molecular flexibility index (Phi) is 3.97. The van der Waals surface area contributed by atoms with Crippen molar-refractivity contribution in [3.63, 3.8) is 0 Å². The predicted octanol–water partition coefficient (Wildman–Crippen LogP) is -0.0506. The van der Waals surface area contributed by atoms with Crippen LogP contribution in [0.3, 0.4) is 0 Å². The third-order valence-corrected chi connectivity index (χ3v) is 3.69. The maximum absolute atomic E-state index is 9.30. The normalized spacial score (nSPS) is 39.2. The largest absolute Gasteiger partial charge is 0.395 e. The van der Waals surface area contributed by atoms with Gasteiger partial charge in [-0.25, -0.2) is 0 Å². The fourth-order valence-corrected chi connectivity index (χ4v) is 2.74. The summed E-state index contributed by atoms with van der Waals surface area (Å²) < 4.78 is 5.39. The summed E-state index contributed by atoms with van der Waals surface area (Å²) >= 11 is 0. The van der Waals surface area contributed by atoms with Crippen molar-refractivity contribution in [3.05, 3.63) is 0 Å². The Labute approximate surface area is 91.4 Å². The van der Waals surface area contributed by atoms with Gasteiger partial charge in [0.2, 0.25) is 0 Å². The minimum Gasteiger partial charge on any atom is -0.395 e. The number of nitrogens with two attached hydrogens (primary N) is 1. The van der Waals surface area contributed by atoms with E-state index in [-0.39, 0.29) is 12.6 Å². The van der Waals surface area contributed by atoms with Crippen molar-refractivity contribution in [2.45, 2.75) is 43.8 Å². The van der Waals surface area contributed by atoms with Gasteiger partial charge in [-0.2, -0.15) is 0 Å². The first kappa shape index (κ1) is 11.3. The highest BCUT2D eigenvalue weighted by Crippen LogP contribution is 2.24. The minimum atomic E-state index is 0.207. The van der Waals surface area contributed by atoms with E-state index in [2.05, 4.69) is 4.90 Å². The molecule has 0 radical (unpaired) electrons. The highest BCUT2D eigenvalue weighted by atomic mass is 16.5. The van der Waals surface area contributed by atoms with Crippen molar-refractivity contribution in [2.24, 2.45) is 5.73 Å². The van der Waals surface area contributed by atoms with Crippen LogP contribution in [0, 0.1) is 0 Å². The van der Waals surface area contributed by atoms with Crippen LogP contribution in [0.15, 0.2) is 0 Å². The Morgan fingerprint density at radius 2 is 2.00 bits per heavy atom. The quantitative estimate of drug-likeness (QED) is 0.676. The zero-order valence-corrected chi connectivity index (χ0v) is 9.27. The zero-order valence-electron chi connectivity index (χ0n) is 9.27. The van der Waals surface area contributed by atoms with E-state index in [0.717, 1.165) is 26.0 Å². The molecule has 15 heavy (non-hydrogen) atoms. The van der Waals surface area contributed by atoms with Gasteiger partial charge < -0.3 is 15.6 Å². The van der Waals surface area contributed by atoms with Crippen LogP contribution in [0.1, 0.15) is 25.7 Å². The molecule has 0 aromatic carbocycles. The van der Waals surface area contributed by atoms with Crippen molar-refractivity contribution >= 4 is 0 Å². The van der Waals surface area contributed by atoms with Crippen molar-refractivity contribution < 1.29 is 9.84 Å². The summed E-state index contributed by atoms with van der Waals surface area (Å²) in [4.78, 5) is 2.43. The Hall–Kier alpha value is -0.160. The molecule has 1 aliphatic heterocycles. The molecule has 3 N–H and O–H groups in total. The number of rotatable bonds is 2. The summed E-state index contributed by atoms with van der Waals surface area (Å²) in [6, 6.07) is 1.22. The smallest absolute Gasteiger partial charge is 0.0644 e. The second kappa shape index (κ2) is 5.25. The van der Waals surface area contributed by atoms with Gasteiger partial charge in [-0.3, -0.25) is 4.90 Å². The Balaban J connectivity index is 1.90. The van der Waals surface area contributed by atoms with Crippen LogP contribution in [0.25, 0.3) is 0 Å². The second-order valence-electron chi connectivity index (χ2n) is 4.72. The fourth-order valence-electron chi connectivity index (χ4n) is 2.74. The van der Waals surface area contributed by atoms with E-state index in [4.69, 9.17) is 10.5 Å². The number of morpholine rings is 1.